The second kappa shape index (κ2) is 4.86. The summed E-state index contributed by atoms with van der Waals surface area (Å²) >= 11 is 0. The largest absolute Gasteiger partial charge is 0.388 e. The number of aliphatic hydroxyl groups excluding tert-OH is 3. The van der Waals surface area contributed by atoms with Gasteiger partial charge >= 0.3 is 0 Å². The molecule has 0 aromatic rings. The Morgan fingerprint density at radius 2 is 1.93 bits per heavy atom. The van der Waals surface area contributed by atoms with Gasteiger partial charge in [0.25, 0.3) is 0 Å². The van der Waals surface area contributed by atoms with Crippen LogP contribution in [0.5, 0.6) is 0 Å². The summed E-state index contributed by atoms with van der Waals surface area (Å²) in [5, 5.41) is 28.2. The summed E-state index contributed by atoms with van der Waals surface area (Å²) in [5.41, 5.74) is 0. The number of rotatable bonds is 3. The van der Waals surface area contributed by atoms with Gasteiger partial charge in [-0.25, -0.2) is 0 Å². The molecule has 0 aliphatic carbocycles. The van der Waals surface area contributed by atoms with Crippen LogP contribution in [0.1, 0.15) is 6.92 Å². The van der Waals surface area contributed by atoms with Crippen LogP contribution in [0.3, 0.4) is 0 Å². The van der Waals surface area contributed by atoms with E-state index in [1.807, 2.05) is 0 Å². The molecule has 1 rings (SSSR count). The second-order valence-electron chi connectivity index (χ2n) is 3.30. The Bertz CT molecular complexity index is 196. The van der Waals surface area contributed by atoms with Gasteiger partial charge in [0.15, 0.2) is 6.29 Å². The minimum atomic E-state index is -1.24. The fourth-order valence-corrected chi connectivity index (χ4v) is 1.31. The Balaban J connectivity index is 2.55. The summed E-state index contributed by atoms with van der Waals surface area (Å²) in [4.78, 5) is 0. The molecule has 5 atom stereocenters. The average Bonchev–Trinajstić information content (AvgIpc) is 2.18. The highest BCUT2D eigenvalue weighted by Gasteiger charge is 2.42. The van der Waals surface area contributed by atoms with E-state index in [-0.39, 0.29) is 6.61 Å². The van der Waals surface area contributed by atoms with E-state index >= 15 is 0 Å². The first-order valence-corrected chi connectivity index (χ1v) is 4.50. The molecule has 5 heteroatoms. The zero-order valence-electron chi connectivity index (χ0n) is 8.04. The number of aliphatic hydroxyl groups is 3. The van der Waals surface area contributed by atoms with Crippen molar-refractivity contribution in [3.05, 3.63) is 12.7 Å². The SMILES string of the molecule is C=CCO[C@@H]1O[C@H](C)[C@H](O)[C@@H](O)[C@@H]1O. The minimum absolute atomic E-state index is 0.220. The van der Waals surface area contributed by atoms with Crippen LogP contribution in [-0.4, -0.2) is 52.6 Å². The highest BCUT2D eigenvalue weighted by Crippen LogP contribution is 2.21. The van der Waals surface area contributed by atoms with E-state index in [4.69, 9.17) is 9.47 Å². The molecule has 1 saturated heterocycles. The van der Waals surface area contributed by atoms with Crippen LogP contribution >= 0.6 is 0 Å². The van der Waals surface area contributed by atoms with Crippen molar-refractivity contribution < 1.29 is 24.8 Å². The molecule has 3 N–H and O–H groups in total. The predicted octanol–water partition coefficient (Wildman–Crippen LogP) is -0.984. The zero-order chi connectivity index (χ0) is 10.7. The minimum Gasteiger partial charge on any atom is -0.388 e. The molecule has 82 valence electrons. The smallest absolute Gasteiger partial charge is 0.186 e. The van der Waals surface area contributed by atoms with Crippen molar-refractivity contribution in [1.29, 1.82) is 0 Å². The summed E-state index contributed by atoms with van der Waals surface area (Å²) < 4.78 is 10.2. The van der Waals surface area contributed by atoms with Gasteiger partial charge in [-0.1, -0.05) is 6.08 Å². The summed E-state index contributed by atoms with van der Waals surface area (Å²) in [6, 6.07) is 0. The van der Waals surface area contributed by atoms with Gasteiger partial charge in [-0.2, -0.15) is 0 Å². The number of ether oxygens (including phenoxy) is 2. The Morgan fingerprint density at radius 1 is 1.29 bits per heavy atom. The van der Waals surface area contributed by atoms with Crippen molar-refractivity contribution in [3.8, 4) is 0 Å². The van der Waals surface area contributed by atoms with Gasteiger partial charge in [-0.3, -0.25) is 0 Å². The monoisotopic (exact) mass is 204 g/mol. The molecule has 5 nitrogen and oxygen atoms in total. The molecule has 0 bridgehead atoms. The third-order valence-corrected chi connectivity index (χ3v) is 2.19. The average molecular weight is 204 g/mol. The summed E-state index contributed by atoms with van der Waals surface area (Å²) in [6.07, 6.45) is -3.54. The normalized spacial score (nSPS) is 43.6. The van der Waals surface area contributed by atoms with Gasteiger partial charge in [0, 0.05) is 0 Å². The van der Waals surface area contributed by atoms with Gasteiger partial charge in [-0.05, 0) is 6.92 Å². The lowest BCUT2D eigenvalue weighted by Gasteiger charge is -2.38. The Labute approximate surface area is 82.6 Å². The zero-order valence-corrected chi connectivity index (χ0v) is 8.04. The molecule has 0 aromatic carbocycles. The predicted molar refractivity (Wildman–Crippen MR) is 48.5 cm³/mol. The van der Waals surface area contributed by atoms with Gasteiger partial charge in [0.1, 0.15) is 18.3 Å². The van der Waals surface area contributed by atoms with Crippen LogP contribution in [0.15, 0.2) is 12.7 Å². The Kier molecular flexibility index (Phi) is 4.03. The van der Waals surface area contributed by atoms with E-state index in [0.29, 0.717) is 0 Å². The van der Waals surface area contributed by atoms with Gasteiger partial charge in [-0.15, -0.1) is 6.58 Å². The van der Waals surface area contributed by atoms with Crippen LogP contribution in [0.2, 0.25) is 0 Å². The fourth-order valence-electron chi connectivity index (χ4n) is 1.31. The lowest BCUT2D eigenvalue weighted by Crippen LogP contribution is -2.57. The lowest BCUT2D eigenvalue weighted by atomic mass is 10.0. The molecule has 1 aliphatic heterocycles. The van der Waals surface area contributed by atoms with Crippen molar-refractivity contribution in [2.24, 2.45) is 0 Å². The molecule has 1 heterocycles. The van der Waals surface area contributed by atoms with Crippen LogP contribution in [0.25, 0.3) is 0 Å². The van der Waals surface area contributed by atoms with E-state index in [2.05, 4.69) is 6.58 Å². The van der Waals surface area contributed by atoms with Crippen molar-refractivity contribution in [2.45, 2.75) is 37.6 Å². The molecule has 0 aromatic heterocycles. The molecule has 0 amide bonds. The van der Waals surface area contributed by atoms with Crippen molar-refractivity contribution >= 4 is 0 Å². The second-order valence-corrected chi connectivity index (χ2v) is 3.30. The molecule has 14 heavy (non-hydrogen) atoms. The Morgan fingerprint density at radius 3 is 2.50 bits per heavy atom. The number of hydrogen-bond acceptors (Lipinski definition) is 5. The van der Waals surface area contributed by atoms with Crippen molar-refractivity contribution in [1.82, 2.24) is 0 Å². The van der Waals surface area contributed by atoms with E-state index in [1.165, 1.54) is 6.08 Å². The first-order valence-electron chi connectivity index (χ1n) is 4.50. The van der Waals surface area contributed by atoms with Crippen molar-refractivity contribution in [3.63, 3.8) is 0 Å². The maximum atomic E-state index is 9.46. The molecule has 0 spiro atoms. The molecular formula is C9H16O5. The first-order chi connectivity index (χ1) is 6.57. The number of hydrogen-bond donors (Lipinski definition) is 3. The van der Waals surface area contributed by atoms with Crippen LogP contribution in [0, 0.1) is 0 Å². The molecular weight excluding hydrogens is 188 g/mol. The Hall–Kier alpha value is -0.460. The van der Waals surface area contributed by atoms with Gasteiger partial charge in [0.2, 0.25) is 0 Å². The van der Waals surface area contributed by atoms with E-state index in [1.54, 1.807) is 6.92 Å². The summed E-state index contributed by atoms with van der Waals surface area (Å²) in [7, 11) is 0. The van der Waals surface area contributed by atoms with Gasteiger partial charge in [0.05, 0.1) is 12.7 Å². The van der Waals surface area contributed by atoms with E-state index in [9.17, 15) is 15.3 Å². The third-order valence-electron chi connectivity index (χ3n) is 2.19. The van der Waals surface area contributed by atoms with E-state index < -0.39 is 30.7 Å². The highest BCUT2D eigenvalue weighted by atomic mass is 16.7. The molecule has 1 fully saturated rings. The van der Waals surface area contributed by atoms with Crippen molar-refractivity contribution in [2.75, 3.05) is 6.61 Å². The fraction of sp³-hybridized carbons (Fsp3) is 0.778. The van der Waals surface area contributed by atoms with Crippen LogP contribution < -0.4 is 0 Å². The quantitative estimate of drug-likeness (QED) is 0.515. The third kappa shape index (κ3) is 2.31. The van der Waals surface area contributed by atoms with Gasteiger partial charge < -0.3 is 24.8 Å². The summed E-state index contributed by atoms with van der Waals surface area (Å²) in [6.45, 7) is 5.27. The first kappa shape index (κ1) is 11.6. The topological polar surface area (TPSA) is 79.2 Å². The highest BCUT2D eigenvalue weighted by molar-refractivity contribution is 4.87. The maximum absolute atomic E-state index is 9.46. The standard InChI is InChI=1S/C9H16O5/c1-3-4-13-9-8(12)7(11)6(10)5(2)14-9/h3,5-12H,1,4H2,2H3/t5-,6+,7-,8+,9-/m1/s1. The maximum Gasteiger partial charge on any atom is 0.186 e. The summed E-state index contributed by atoms with van der Waals surface area (Å²) in [5.74, 6) is 0. The molecule has 0 unspecified atom stereocenters. The van der Waals surface area contributed by atoms with E-state index in [0.717, 1.165) is 0 Å². The molecule has 1 aliphatic rings. The van der Waals surface area contributed by atoms with Crippen LogP contribution in [0.4, 0.5) is 0 Å². The lowest BCUT2D eigenvalue weighted by molar-refractivity contribution is -0.290. The molecule has 0 saturated carbocycles. The molecule has 0 radical (unpaired) electrons. The van der Waals surface area contributed by atoms with Crippen LogP contribution in [-0.2, 0) is 9.47 Å².